The van der Waals surface area contributed by atoms with E-state index in [4.69, 9.17) is 11.6 Å². The van der Waals surface area contributed by atoms with Crippen molar-refractivity contribution in [1.29, 1.82) is 0 Å². The third kappa shape index (κ3) is 4.67. The van der Waals surface area contributed by atoms with Crippen LogP contribution in [-0.2, 0) is 0 Å². The molecular formula is C17H20ClN3O. The van der Waals surface area contributed by atoms with Gasteiger partial charge in [-0.2, -0.15) is 0 Å². The van der Waals surface area contributed by atoms with Crippen molar-refractivity contribution in [3.8, 4) is 0 Å². The maximum absolute atomic E-state index is 11.6. The van der Waals surface area contributed by atoms with Gasteiger partial charge in [-0.15, -0.1) is 0 Å². The Bertz CT molecular complexity index is 653. The number of amides is 2. The lowest BCUT2D eigenvalue weighted by atomic mass is 10.2. The van der Waals surface area contributed by atoms with Crippen molar-refractivity contribution in [2.24, 2.45) is 0 Å². The lowest BCUT2D eigenvalue weighted by Gasteiger charge is -2.12. The highest BCUT2D eigenvalue weighted by Gasteiger charge is 2.04. The number of halogens is 1. The lowest BCUT2D eigenvalue weighted by molar-refractivity contribution is 0.250. The minimum atomic E-state index is -0.207. The normalized spacial score (nSPS) is 10.4. The topological polar surface area (TPSA) is 53.2 Å². The summed E-state index contributed by atoms with van der Waals surface area (Å²) in [4.78, 5) is 11.6. The van der Waals surface area contributed by atoms with Crippen LogP contribution in [0, 0.1) is 6.92 Å². The number of benzene rings is 2. The molecule has 0 atom stereocenters. The highest BCUT2D eigenvalue weighted by atomic mass is 35.5. The smallest absolute Gasteiger partial charge is 0.319 e. The first-order chi connectivity index (χ1) is 10.4. The second-order valence-electron chi connectivity index (χ2n) is 5.41. The van der Waals surface area contributed by atoms with E-state index >= 15 is 0 Å². The van der Waals surface area contributed by atoms with Crippen molar-refractivity contribution in [2.45, 2.75) is 26.8 Å². The van der Waals surface area contributed by atoms with Crippen LogP contribution in [0.15, 0.2) is 42.5 Å². The van der Waals surface area contributed by atoms with E-state index in [2.05, 4.69) is 16.0 Å². The molecule has 0 radical (unpaired) electrons. The Labute approximate surface area is 135 Å². The zero-order valence-corrected chi connectivity index (χ0v) is 13.7. The predicted octanol–water partition coefficient (Wildman–Crippen LogP) is 4.92. The van der Waals surface area contributed by atoms with Gasteiger partial charge in [0, 0.05) is 28.1 Å². The number of anilines is 3. The molecule has 2 aromatic carbocycles. The largest absolute Gasteiger partial charge is 0.355 e. The predicted molar refractivity (Wildman–Crippen MR) is 93.2 cm³/mol. The summed E-state index contributed by atoms with van der Waals surface area (Å²) in [5.41, 5.74) is 3.75. The summed E-state index contributed by atoms with van der Waals surface area (Å²) in [7, 11) is 0. The molecule has 2 rings (SSSR count). The Morgan fingerprint density at radius 2 is 1.68 bits per heavy atom. The molecule has 2 amide bonds. The van der Waals surface area contributed by atoms with Crippen molar-refractivity contribution in [2.75, 3.05) is 10.6 Å². The van der Waals surface area contributed by atoms with E-state index < -0.39 is 0 Å². The van der Waals surface area contributed by atoms with E-state index in [1.165, 1.54) is 0 Å². The lowest BCUT2D eigenvalue weighted by Crippen LogP contribution is -2.34. The average Bonchev–Trinajstić information content (AvgIpc) is 2.44. The van der Waals surface area contributed by atoms with Crippen molar-refractivity contribution in [3.05, 3.63) is 53.1 Å². The molecule has 0 bridgehead atoms. The molecule has 5 heteroatoms. The molecule has 3 N–H and O–H groups in total. The highest BCUT2D eigenvalue weighted by Crippen LogP contribution is 2.24. The second-order valence-corrected chi connectivity index (χ2v) is 5.85. The van der Waals surface area contributed by atoms with E-state index in [-0.39, 0.29) is 12.1 Å². The molecule has 0 saturated carbocycles. The minimum absolute atomic E-state index is 0.103. The molecular weight excluding hydrogens is 298 g/mol. The molecule has 0 aliphatic heterocycles. The van der Waals surface area contributed by atoms with Gasteiger partial charge in [-0.25, -0.2) is 4.79 Å². The van der Waals surface area contributed by atoms with Crippen LogP contribution in [0.5, 0.6) is 0 Å². The van der Waals surface area contributed by atoms with Crippen LogP contribution in [-0.4, -0.2) is 12.1 Å². The fourth-order valence-electron chi connectivity index (χ4n) is 1.95. The molecule has 2 aromatic rings. The van der Waals surface area contributed by atoms with Crippen LogP contribution in [0.1, 0.15) is 19.4 Å². The number of urea groups is 1. The molecule has 22 heavy (non-hydrogen) atoms. The first-order valence-electron chi connectivity index (χ1n) is 7.15. The summed E-state index contributed by atoms with van der Waals surface area (Å²) in [6.07, 6.45) is 0. The number of nitrogens with one attached hydrogen (secondary N) is 3. The molecule has 0 saturated heterocycles. The van der Waals surface area contributed by atoms with E-state index in [0.717, 1.165) is 22.6 Å². The fourth-order valence-corrected chi connectivity index (χ4v) is 2.12. The Kier molecular flexibility index (Phi) is 5.28. The van der Waals surface area contributed by atoms with Crippen molar-refractivity contribution >= 4 is 34.7 Å². The van der Waals surface area contributed by atoms with Crippen LogP contribution in [0.3, 0.4) is 0 Å². The van der Waals surface area contributed by atoms with Gasteiger partial charge in [0.1, 0.15) is 0 Å². The Hall–Kier alpha value is -2.20. The van der Waals surface area contributed by atoms with Crippen LogP contribution in [0.25, 0.3) is 0 Å². The summed E-state index contributed by atoms with van der Waals surface area (Å²) in [6.45, 7) is 5.85. The summed E-state index contributed by atoms with van der Waals surface area (Å²) in [5, 5.41) is 9.57. The molecule has 0 fully saturated rings. The first kappa shape index (κ1) is 16.2. The summed E-state index contributed by atoms with van der Waals surface area (Å²) in [5.74, 6) is 0. The number of rotatable bonds is 4. The van der Waals surface area contributed by atoms with Gasteiger partial charge in [0.15, 0.2) is 0 Å². The van der Waals surface area contributed by atoms with Gasteiger partial charge in [-0.3, -0.25) is 0 Å². The molecule has 4 nitrogen and oxygen atoms in total. The van der Waals surface area contributed by atoms with E-state index in [0.29, 0.717) is 5.02 Å². The van der Waals surface area contributed by atoms with Crippen LogP contribution >= 0.6 is 11.6 Å². The van der Waals surface area contributed by atoms with Gasteiger partial charge in [0.2, 0.25) is 0 Å². The zero-order chi connectivity index (χ0) is 16.1. The number of aryl methyl sites for hydroxylation is 1. The van der Waals surface area contributed by atoms with Crippen LogP contribution < -0.4 is 16.0 Å². The molecule has 0 aromatic heterocycles. The number of carbonyl (C=O) groups excluding carboxylic acids is 1. The average molecular weight is 318 g/mol. The molecule has 116 valence electrons. The van der Waals surface area contributed by atoms with Gasteiger partial charge in [0.05, 0.1) is 0 Å². The maximum atomic E-state index is 11.6. The number of carbonyl (C=O) groups is 1. The third-order valence-corrected chi connectivity index (χ3v) is 3.28. The summed E-state index contributed by atoms with van der Waals surface area (Å²) < 4.78 is 0. The van der Waals surface area contributed by atoms with Gasteiger partial charge < -0.3 is 16.0 Å². The van der Waals surface area contributed by atoms with Gasteiger partial charge in [-0.1, -0.05) is 17.7 Å². The summed E-state index contributed by atoms with van der Waals surface area (Å²) >= 11 is 6.01. The van der Waals surface area contributed by atoms with Crippen molar-refractivity contribution < 1.29 is 4.79 Å². The monoisotopic (exact) mass is 317 g/mol. The third-order valence-electron chi connectivity index (χ3n) is 3.04. The SMILES string of the molecule is Cc1ccc(Cl)cc1Nc1ccc(NC(=O)NC(C)C)cc1. The van der Waals surface area contributed by atoms with Gasteiger partial charge in [0.25, 0.3) is 0 Å². The molecule has 0 spiro atoms. The van der Waals surface area contributed by atoms with Crippen molar-refractivity contribution in [1.82, 2.24) is 5.32 Å². The zero-order valence-electron chi connectivity index (χ0n) is 12.9. The van der Waals surface area contributed by atoms with Gasteiger partial charge >= 0.3 is 6.03 Å². The standard InChI is InChI=1S/C17H20ClN3O/c1-11(2)19-17(22)21-15-8-6-14(7-9-15)20-16-10-13(18)5-4-12(16)3/h4-11,20H,1-3H3,(H2,19,21,22). The Morgan fingerprint density at radius 3 is 2.32 bits per heavy atom. The van der Waals surface area contributed by atoms with E-state index in [1.54, 1.807) is 0 Å². The molecule has 0 unspecified atom stereocenters. The van der Waals surface area contributed by atoms with Gasteiger partial charge in [-0.05, 0) is 62.7 Å². The van der Waals surface area contributed by atoms with Crippen LogP contribution in [0.4, 0.5) is 21.9 Å². The second kappa shape index (κ2) is 7.18. The Morgan fingerprint density at radius 1 is 1.05 bits per heavy atom. The highest BCUT2D eigenvalue weighted by molar-refractivity contribution is 6.30. The number of hydrogen-bond acceptors (Lipinski definition) is 2. The Balaban J connectivity index is 2.03. The minimum Gasteiger partial charge on any atom is -0.355 e. The number of hydrogen-bond donors (Lipinski definition) is 3. The quantitative estimate of drug-likeness (QED) is 0.749. The maximum Gasteiger partial charge on any atom is 0.319 e. The first-order valence-corrected chi connectivity index (χ1v) is 7.52. The van der Waals surface area contributed by atoms with E-state index in [1.807, 2.05) is 63.2 Å². The molecule has 0 heterocycles. The summed E-state index contributed by atoms with van der Waals surface area (Å²) in [6, 6.07) is 13.1. The van der Waals surface area contributed by atoms with Crippen molar-refractivity contribution in [3.63, 3.8) is 0 Å². The fraction of sp³-hybridized carbons (Fsp3) is 0.235. The van der Waals surface area contributed by atoms with Crippen LogP contribution in [0.2, 0.25) is 5.02 Å². The van der Waals surface area contributed by atoms with E-state index in [9.17, 15) is 4.79 Å². The molecule has 0 aliphatic carbocycles. The molecule has 0 aliphatic rings.